The van der Waals surface area contributed by atoms with E-state index in [1.807, 2.05) is 12.3 Å². The summed E-state index contributed by atoms with van der Waals surface area (Å²) in [6.45, 7) is 2.03. The van der Waals surface area contributed by atoms with Gasteiger partial charge in [-0.15, -0.1) is 11.3 Å². The van der Waals surface area contributed by atoms with Gasteiger partial charge in [0.2, 0.25) is 5.91 Å². The molecule has 2 aromatic heterocycles. The number of nitrogens with zero attached hydrogens (tertiary/aromatic N) is 3. The van der Waals surface area contributed by atoms with Crippen LogP contribution in [0.2, 0.25) is 0 Å². The van der Waals surface area contributed by atoms with E-state index in [2.05, 4.69) is 15.4 Å². The topological polar surface area (TPSA) is 86.1 Å². The highest BCUT2D eigenvalue weighted by atomic mass is 32.1. The molecule has 0 radical (unpaired) electrons. The predicted molar refractivity (Wildman–Crippen MR) is 98.8 cm³/mol. The summed E-state index contributed by atoms with van der Waals surface area (Å²) in [6, 6.07) is 8.30. The first-order valence-corrected chi connectivity index (χ1v) is 8.66. The van der Waals surface area contributed by atoms with E-state index in [0.717, 1.165) is 10.7 Å². The van der Waals surface area contributed by atoms with Gasteiger partial charge in [0.1, 0.15) is 12.3 Å². The van der Waals surface area contributed by atoms with Gasteiger partial charge in [-0.05, 0) is 43.3 Å². The lowest BCUT2D eigenvalue weighted by molar-refractivity contribution is -0.129. The molecule has 3 aromatic rings. The summed E-state index contributed by atoms with van der Waals surface area (Å²) in [4.78, 5) is 27.9. The first-order valence-electron chi connectivity index (χ1n) is 7.78. The normalized spacial score (nSPS) is 10.8. The lowest BCUT2D eigenvalue weighted by Gasteiger charge is -2.06. The van der Waals surface area contributed by atoms with E-state index in [1.54, 1.807) is 48.8 Å². The van der Waals surface area contributed by atoms with Crippen molar-refractivity contribution in [1.29, 1.82) is 0 Å². The van der Waals surface area contributed by atoms with Crippen molar-refractivity contribution in [3.63, 3.8) is 0 Å². The van der Waals surface area contributed by atoms with Crippen LogP contribution >= 0.6 is 11.3 Å². The number of rotatable bonds is 6. The van der Waals surface area contributed by atoms with Gasteiger partial charge in [-0.1, -0.05) is 0 Å². The molecule has 26 heavy (non-hydrogen) atoms. The summed E-state index contributed by atoms with van der Waals surface area (Å²) in [5.41, 5.74) is 1.33. The smallest absolute Gasteiger partial charge is 0.336 e. The highest BCUT2D eigenvalue weighted by molar-refractivity contribution is 7.09. The summed E-state index contributed by atoms with van der Waals surface area (Å²) in [6.07, 6.45) is 6.26. The van der Waals surface area contributed by atoms with E-state index >= 15 is 0 Å². The van der Waals surface area contributed by atoms with Gasteiger partial charge in [-0.3, -0.25) is 9.48 Å². The van der Waals surface area contributed by atoms with Crippen LogP contribution in [0.4, 0.5) is 5.69 Å². The first-order chi connectivity index (χ1) is 12.6. The number of carbonyl (C=O) groups is 2. The van der Waals surface area contributed by atoms with Crippen molar-refractivity contribution in [2.75, 3.05) is 5.32 Å². The van der Waals surface area contributed by atoms with Gasteiger partial charge in [0.25, 0.3) is 0 Å². The number of hydrogen-bond donors (Lipinski definition) is 1. The second-order valence-corrected chi connectivity index (χ2v) is 6.38. The Kier molecular flexibility index (Phi) is 5.55. The number of ether oxygens (including phenoxy) is 1. The highest BCUT2D eigenvalue weighted by Crippen LogP contribution is 2.16. The SMILES string of the molecule is Cc1nc(/C=C/C(=O)Oc2ccc(NC(=O)Cn3cccn3)cc2)cs1. The maximum absolute atomic E-state index is 11.9. The summed E-state index contributed by atoms with van der Waals surface area (Å²) in [5.74, 6) is -0.301. The van der Waals surface area contributed by atoms with E-state index in [9.17, 15) is 9.59 Å². The van der Waals surface area contributed by atoms with Crippen LogP contribution in [0.25, 0.3) is 6.08 Å². The quantitative estimate of drug-likeness (QED) is 0.411. The molecule has 8 heteroatoms. The van der Waals surface area contributed by atoms with Crippen molar-refractivity contribution >= 4 is 35.0 Å². The molecule has 3 rings (SSSR count). The molecule has 7 nitrogen and oxygen atoms in total. The zero-order valence-corrected chi connectivity index (χ0v) is 14.8. The van der Waals surface area contributed by atoms with Crippen molar-refractivity contribution in [3.8, 4) is 5.75 Å². The molecule has 132 valence electrons. The van der Waals surface area contributed by atoms with Gasteiger partial charge in [-0.25, -0.2) is 9.78 Å². The van der Waals surface area contributed by atoms with Crippen LogP contribution in [0.5, 0.6) is 5.75 Å². The first kappa shape index (κ1) is 17.6. The Morgan fingerprint density at radius 3 is 2.77 bits per heavy atom. The van der Waals surface area contributed by atoms with Crippen LogP contribution in [0.1, 0.15) is 10.7 Å². The largest absolute Gasteiger partial charge is 0.423 e. The third-order valence-corrected chi connectivity index (χ3v) is 4.04. The van der Waals surface area contributed by atoms with Crippen LogP contribution in [-0.2, 0) is 16.1 Å². The van der Waals surface area contributed by atoms with Crippen molar-refractivity contribution < 1.29 is 14.3 Å². The number of carbonyl (C=O) groups excluding carboxylic acids is 2. The van der Waals surface area contributed by atoms with Crippen LogP contribution in [0.15, 0.2) is 54.2 Å². The molecular formula is C18H16N4O3S. The molecule has 0 atom stereocenters. The van der Waals surface area contributed by atoms with E-state index in [4.69, 9.17) is 4.74 Å². The Morgan fingerprint density at radius 1 is 1.31 bits per heavy atom. The molecule has 0 saturated carbocycles. The molecule has 2 heterocycles. The summed E-state index contributed by atoms with van der Waals surface area (Å²) >= 11 is 1.51. The number of esters is 1. The molecule has 0 unspecified atom stereocenters. The minimum Gasteiger partial charge on any atom is -0.423 e. The standard InChI is InChI=1S/C18H16N4O3S/c1-13-20-15(12-26-13)5-8-18(24)25-16-6-3-14(4-7-16)21-17(23)11-22-10-2-9-19-22/h2-10,12H,11H2,1H3,(H,21,23)/b8-5+. The van der Waals surface area contributed by atoms with E-state index in [-0.39, 0.29) is 12.5 Å². The number of nitrogens with one attached hydrogen (secondary N) is 1. The average molecular weight is 368 g/mol. The monoisotopic (exact) mass is 368 g/mol. The fourth-order valence-electron chi connectivity index (χ4n) is 2.11. The maximum Gasteiger partial charge on any atom is 0.336 e. The Bertz CT molecular complexity index is 914. The summed E-state index contributed by atoms with van der Waals surface area (Å²) in [5, 5.41) is 9.52. The Morgan fingerprint density at radius 2 is 2.12 bits per heavy atom. The van der Waals surface area contributed by atoms with Gasteiger partial charge in [0.05, 0.1) is 10.7 Å². The molecule has 1 N–H and O–H groups in total. The van der Waals surface area contributed by atoms with Gasteiger partial charge in [0.15, 0.2) is 0 Å². The lowest BCUT2D eigenvalue weighted by atomic mass is 10.3. The fourth-order valence-corrected chi connectivity index (χ4v) is 2.69. The van der Waals surface area contributed by atoms with Crippen molar-refractivity contribution in [2.24, 2.45) is 0 Å². The predicted octanol–water partition coefficient (Wildman–Crippen LogP) is 2.91. The van der Waals surface area contributed by atoms with Gasteiger partial charge in [0, 0.05) is 29.5 Å². The molecule has 0 saturated heterocycles. The van der Waals surface area contributed by atoms with Gasteiger partial charge >= 0.3 is 5.97 Å². The van der Waals surface area contributed by atoms with Gasteiger partial charge < -0.3 is 10.1 Å². The molecular weight excluding hydrogens is 352 g/mol. The molecule has 0 fully saturated rings. The number of aromatic nitrogens is 3. The van der Waals surface area contributed by atoms with Crippen LogP contribution < -0.4 is 10.1 Å². The Balaban J connectivity index is 1.51. The Hall–Kier alpha value is -3.26. The van der Waals surface area contributed by atoms with Crippen molar-refractivity contribution in [3.05, 3.63) is 64.9 Å². The Labute approximate surface area is 153 Å². The molecule has 0 aliphatic carbocycles. The third kappa shape index (κ3) is 5.12. The number of hydrogen-bond acceptors (Lipinski definition) is 6. The highest BCUT2D eigenvalue weighted by Gasteiger charge is 2.05. The number of amides is 1. The zero-order valence-electron chi connectivity index (χ0n) is 14.0. The van der Waals surface area contributed by atoms with E-state index < -0.39 is 5.97 Å². The second kappa shape index (κ2) is 8.21. The molecule has 1 aromatic carbocycles. The number of anilines is 1. The molecule has 0 spiro atoms. The van der Waals surface area contributed by atoms with Crippen molar-refractivity contribution in [2.45, 2.75) is 13.5 Å². The van der Waals surface area contributed by atoms with Crippen LogP contribution in [-0.4, -0.2) is 26.6 Å². The molecule has 0 bridgehead atoms. The maximum atomic E-state index is 11.9. The van der Waals surface area contributed by atoms with Crippen LogP contribution in [0.3, 0.4) is 0 Å². The zero-order chi connectivity index (χ0) is 18.4. The molecule has 0 aliphatic heterocycles. The van der Waals surface area contributed by atoms with E-state index in [1.165, 1.54) is 22.1 Å². The fraction of sp³-hybridized carbons (Fsp3) is 0.111. The van der Waals surface area contributed by atoms with Gasteiger partial charge in [-0.2, -0.15) is 5.10 Å². The van der Waals surface area contributed by atoms with E-state index in [0.29, 0.717) is 11.4 Å². The lowest BCUT2D eigenvalue weighted by Crippen LogP contribution is -2.18. The minimum atomic E-state index is -0.494. The summed E-state index contributed by atoms with van der Waals surface area (Å²) < 4.78 is 6.74. The third-order valence-electron chi connectivity index (χ3n) is 3.25. The number of thiazole rings is 1. The molecule has 1 amide bonds. The van der Waals surface area contributed by atoms with Crippen molar-refractivity contribution in [1.82, 2.24) is 14.8 Å². The average Bonchev–Trinajstić information content (AvgIpc) is 3.26. The minimum absolute atomic E-state index is 0.130. The molecule has 0 aliphatic rings. The number of aryl methyl sites for hydroxylation is 1. The second-order valence-electron chi connectivity index (χ2n) is 5.32. The number of benzene rings is 1. The summed E-state index contributed by atoms with van der Waals surface area (Å²) in [7, 11) is 0. The van der Waals surface area contributed by atoms with Crippen LogP contribution in [0, 0.1) is 6.92 Å².